The van der Waals surface area contributed by atoms with Crippen molar-refractivity contribution in [2.45, 2.75) is 125 Å². The van der Waals surface area contributed by atoms with E-state index < -0.39 is 39.1 Å². The van der Waals surface area contributed by atoms with E-state index in [1.165, 1.54) is 7.11 Å². The molecule has 3 aliphatic rings. The minimum Gasteiger partial charge on any atom is -0.463 e. The van der Waals surface area contributed by atoms with Gasteiger partial charge in [-0.05, 0) is 89.1 Å². The largest absolute Gasteiger partial charge is 0.463 e. The summed E-state index contributed by atoms with van der Waals surface area (Å²) in [5.74, 6) is 4.60. The molecule has 1 aliphatic carbocycles. The quantitative estimate of drug-likeness (QED) is 0.0316. The van der Waals surface area contributed by atoms with Crippen molar-refractivity contribution < 1.29 is 43.0 Å². The molecule has 2 aliphatic heterocycles. The lowest BCUT2D eigenvalue weighted by Gasteiger charge is -2.26. The predicted molar refractivity (Wildman–Crippen MR) is 291 cm³/mol. The van der Waals surface area contributed by atoms with Crippen LogP contribution in [0.25, 0.3) is 38.6 Å². The number of fused-ring (bicyclic) bond motifs is 1. The van der Waals surface area contributed by atoms with E-state index in [0.717, 1.165) is 38.7 Å². The second-order valence-electron chi connectivity index (χ2n) is 23.0. The molecular formula is C57H64N6O9Si2. The smallest absolute Gasteiger partial charge is 0.410 e. The number of hydrogen-bond acceptors (Lipinski definition) is 10. The Bertz CT molecular complexity index is 3510. The van der Waals surface area contributed by atoms with Gasteiger partial charge in [-0.3, -0.25) is 18.8 Å². The van der Waals surface area contributed by atoms with Gasteiger partial charge in [0.1, 0.15) is 33.0 Å². The van der Waals surface area contributed by atoms with E-state index in [2.05, 4.69) is 76.5 Å². The van der Waals surface area contributed by atoms with Crippen molar-refractivity contribution in [2.75, 3.05) is 20.2 Å². The van der Waals surface area contributed by atoms with Gasteiger partial charge in [0.25, 0.3) is 5.78 Å². The molecule has 2 aromatic carbocycles. The van der Waals surface area contributed by atoms with Crippen LogP contribution in [0.15, 0.2) is 67.3 Å². The fourth-order valence-electron chi connectivity index (χ4n) is 9.16. The average Bonchev–Trinajstić information content (AvgIpc) is 4.00. The molecule has 0 saturated heterocycles. The molecule has 0 N–H and O–H groups in total. The Morgan fingerprint density at radius 1 is 0.662 bits per heavy atom. The third-order valence-corrected chi connectivity index (χ3v) is 14.0. The number of aromatic nitrogens is 4. The summed E-state index contributed by atoms with van der Waals surface area (Å²) in [6.07, 6.45) is 6.21. The first-order chi connectivity index (χ1) is 34.6. The summed E-state index contributed by atoms with van der Waals surface area (Å²) in [5, 5.41) is 1.49. The molecule has 6 heterocycles. The Morgan fingerprint density at radius 2 is 1.18 bits per heavy atom. The van der Waals surface area contributed by atoms with E-state index in [0.29, 0.717) is 72.7 Å². The van der Waals surface area contributed by atoms with E-state index in [4.69, 9.17) is 9.47 Å². The highest BCUT2D eigenvalue weighted by molar-refractivity contribution is 6.84. The molecule has 2 amide bonds. The Balaban J connectivity index is 0.000000205. The molecule has 0 spiro atoms. The summed E-state index contributed by atoms with van der Waals surface area (Å²) < 4.78 is 21.8. The van der Waals surface area contributed by atoms with Crippen molar-refractivity contribution in [1.82, 2.24) is 28.3 Å². The van der Waals surface area contributed by atoms with Crippen LogP contribution in [0.4, 0.5) is 9.59 Å². The number of methoxy groups -OCH3 is 1. The third-order valence-electron chi connectivity index (χ3n) is 12.2. The molecule has 0 unspecified atom stereocenters. The number of rotatable bonds is 4. The van der Waals surface area contributed by atoms with Gasteiger partial charge in [-0.15, -0.1) is 11.1 Å². The number of nitrogens with zero attached hydrogens (tertiary/aromatic N) is 6. The molecular weight excluding hydrogens is 969 g/mol. The van der Waals surface area contributed by atoms with Crippen LogP contribution in [-0.2, 0) is 54.8 Å². The third kappa shape index (κ3) is 11.5. The molecule has 0 saturated carbocycles. The van der Waals surface area contributed by atoms with Gasteiger partial charge in [0, 0.05) is 77.8 Å². The number of imidazole rings is 1. The van der Waals surface area contributed by atoms with Crippen molar-refractivity contribution in [3.8, 4) is 22.9 Å². The van der Waals surface area contributed by atoms with Gasteiger partial charge >= 0.3 is 18.2 Å². The zero-order chi connectivity index (χ0) is 53.8. The van der Waals surface area contributed by atoms with E-state index in [9.17, 15) is 28.8 Å². The number of carbonyl (C=O) groups excluding carboxylic acids is 6. The molecule has 0 fully saturated rings. The second-order valence-corrected chi connectivity index (χ2v) is 32.5. The van der Waals surface area contributed by atoms with Gasteiger partial charge in [0.05, 0.1) is 60.7 Å². The fraction of sp³-hybridized carbons (Fsp3) is 0.386. The number of esters is 1. The lowest BCUT2D eigenvalue weighted by molar-refractivity contribution is -0.135. The standard InChI is InChI=1S/C33H34N4O4Si.C24H30N2O5Si/c1-33(2,3)41-32(40)36-13-12-35-20-24(23-16-21(10-14-42(4,5)6)15-22(19-36)31(23)35)29-26(38)17-27(39)30(29)25-18-34-28-9-7-8-11-37(25)28;1-24(2,3)31-23(29)26-10-9-25-15-19(21(27)22(28)30-4)18-13-16(8-11-32(5,6)7)12-17(14-26)20(18)25/h7-9,11,15-16,18,20H,12-13,17,19H2,1-6H3;12-13,15H,9-10,14H2,1-7H3. The van der Waals surface area contributed by atoms with Crippen LogP contribution in [0.1, 0.15) is 91.8 Å². The van der Waals surface area contributed by atoms with Gasteiger partial charge in [-0.1, -0.05) is 57.2 Å². The lowest BCUT2D eigenvalue weighted by atomic mass is 9.96. The number of hydrogen-bond donors (Lipinski definition) is 0. The van der Waals surface area contributed by atoms with E-state index in [-0.39, 0.29) is 35.7 Å². The average molecular weight is 1030 g/mol. The summed E-state index contributed by atoms with van der Waals surface area (Å²) in [6, 6.07) is 13.5. The van der Waals surface area contributed by atoms with Crippen molar-refractivity contribution in [2.24, 2.45) is 0 Å². The summed E-state index contributed by atoms with van der Waals surface area (Å²) in [7, 11) is -2.13. The number of pyridine rings is 1. The Hall–Kier alpha value is -7.48. The molecule has 15 nitrogen and oxygen atoms in total. The van der Waals surface area contributed by atoms with Gasteiger partial charge in [-0.25, -0.2) is 19.4 Å². The highest BCUT2D eigenvalue weighted by Gasteiger charge is 2.37. The van der Waals surface area contributed by atoms with E-state index in [1.54, 1.807) is 22.2 Å². The highest BCUT2D eigenvalue weighted by Crippen LogP contribution is 2.41. The van der Waals surface area contributed by atoms with Gasteiger partial charge in [-0.2, -0.15) is 0 Å². The number of Topliss-reactive ketones (excluding diaryl/α,β-unsaturated/α-hetero) is 3. The fourth-order valence-corrected chi connectivity index (χ4v) is 10.2. The van der Waals surface area contributed by atoms with Crippen LogP contribution in [0.2, 0.25) is 39.3 Å². The first-order valence-corrected chi connectivity index (χ1v) is 31.8. The Kier molecular flexibility index (Phi) is 14.1. The normalized spacial score (nSPS) is 14.9. The maximum Gasteiger partial charge on any atom is 0.410 e. The number of amides is 2. The molecule has 4 aromatic heterocycles. The van der Waals surface area contributed by atoms with E-state index >= 15 is 0 Å². The second kappa shape index (κ2) is 19.8. The molecule has 17 heteroatoms. The maximum atomic E-state index is 13.5. The van der Waals surface area contributed by atoms with Crippen molar-refractivity contribution in [1.29, 1.82) is 0 Å². The Morgan fingerprint density at radius 3 is 1.70 bits per heavy atom. The number of ketones is 3. The monoisotopic (exact) mass is 1030 g/mol. The summed E-state index contributed by atoms with van der Waals surface area (Å²) in [4.78, 5) is 85.3. The molecule has 384 valence electrons. The predicted octanol–water partition coefficient (Wildman–Crippen LogP) is 9.70. The Labute approximate surface area is 433 Å². The van der Waals surface area contributed by atoms with Crippen molar-refractivity contribution in [3.05, 3.63) is 106 Å². The topological polar surface area (TPSA) is 164 Å². The maximum absolute atomic E-state index is 13.5. The minimum absolute atomic E-state index is 0.175. The number of carbonyl (C=O) groups is 6. The van der Waals surface area contributed by atoms with Crippen LogP contribution in [0.3, 0.4) is 0 Å². The summed E-state index contributed by atoms with van der Waals surface area (Å²) in [6.45, 7) is 26.6. The van der Waals surface area contributed by atoms with Crippen LogP contribution in [0.5, 0.6) is 0 Å². The summed E-state index contributed by atoms with van der Waals surface area (Å²) >= 11 is 0. The summed E-state index contributed by atoms with van der Waals surface area (Å²) in [5.41, 5.74) is 13.8. The van der Waals surface area contributed by atoms with E-state index in [1.807, 2.05) is 105 Å². The molecule has 9 rings (SSSR count). The zero-order valence-corrected chi connectivity index (χ0v) is 46.7. The SMILES string of the molecule is CC(C)(C)OC(=O)N1CCn2cc(C3=C(c4cnc5ccccn45)C(=O)CC3=O)c3cc(C#C[Si](C)(C)C)cc(c32)C1.COC(=O)C(=O)c1cn2c3c(cc(C#C[Si](C)(C)C)cc13)CN(C(=O)OC(C)(C)C)CC2. The highest BCUT2D eigenvalue weighted by atomic mass is 28.3. The first kappa shape index (κ1) is 52.8. The van der Waals surface area contributed by atoms with Crippen LogP contribution in [0, 0.1) is 22.9 Å². The van der Waals surface area contributed by atoms with Crippen LogP contribution < -0.4 is 0 Å². The van der Waals surface area contributed by atoms with Gasteiger partial charge in [0.2, 0.25) is 0 Å². The molecule has 74 heavy (non-hydrogen) atoms. The minimum atomic E-state index is -1.69. The first-order valence-electron chi connectivity index (χ1n) is 24.8. The van der Waals surface area contributed by atoms with Crippen LogP contribution >= 0.6 is 0 Å². The zero-order valence-electron chi connectivity index (χ0n) is 44.7. The van der Waals surface area contributed by atoms with Gasteiger partial charge in [0.15, 0.2) is 11.6 Å². The lowest BCUT2D eigenvalue weighted by Crippen LogP contribution is -2.37. The molecule has 0 radical (unpaired) electrons. The number of ether oxygens (including phenoxy) is 3. The number of allylic oxidation sites excluding steroid dienone is 2. The van der Waals surface area contributed by atoms with Crippen LogP contribution in [-0.4, -0.2) is 111 Å². The van der Waals surface area contributed by atoms with Crippen molar-refractivity contribution >= 4 is 90.3 Å². The van der Waals surface area contributed by atoms with Gasteiger partial charge < -0.3 is 33.1 Å². The van der Waals surface area contributed by atoms with Crippen molar-refractivity contribution in [3.63, 3.8) is 0 Å². The molecule has 6 aromatic rings. The molecule has 0 atom stereocenters. The number of benzene rings is 2. The molecule has 0 bridgehead atoms.